The summed E-state index contributed by atoms with van der Waals surface area (Å²) in [6, 6.07) is 9.36. The van der Waals surface area contributed by atoms with Gasteiger partial charge in [0.2, 0.25) is 0 Å². The van der Waals surface area contributed by atoms with Crippen LogP contribution in [0.5, 0.6) is 0 Å². The number of aromatic nitrogens is 1. The number of nitrogen functional groups attached to an aromatic ring is 1. The van der Waals surface area contributed by atoms with E-state index in [1.54, 1.807) is 0 Å². The molecular formula is C14H17N5O. The minimum atomic E-state index is -0.573. The first-order valence-corrected chi connectivity index (χ1v) is 6.07. The molecule has 20 heavy (non-hydrogen) atoms. The number of nitrogens with two attached hydrogens (primary N) is 2. The molecule has 1 aromatic carbocycles. The van der Waals surface area contributed by atoms with E-state index in [1.807, 2.05) is 43.3 Å². The number of amides is 1. The van der Waals surface area contributed by atoms with Crippen LogP contribution in [0.15, 0.2) is 36.5 Å². The first kappa shape index (κ1) is 13.7. The highest BCUT2D eigenvalue weighted by molar-refractivity contribution is 5.98. The van der Waals surface area contributed by atoms with Crippen molar-refractivity contribution in [2.24, 2.45) is 5.73 Å². The van der Waals surface area contributed by atoms with E-state index < -0.39 is 5.91 Å². The lowest BCUT2D eigenvalue weighted by atomic mass is 10.2. The normalized spacial score (nSPS) is 10.1. The van der Waals surface area contributed by atoms with Gasteiger partial charge in [-0.05, 0) is 30.3 Å². The van der Waals surface area contributed by atoms with Crippen LogP contribution < -0.4 is 21.7 Å². The van der Waals surface area contributed by atoms with E-state index >= 15 is 0 Å². The number of hydrogen-bond donors (Lipinski definition) is 3. The molecular weight excluding hydrogens is 254 g/mol. The molecule has 0 unspecified atom stereocenters. The zero-order valence-corrected chi connectivity index (χ0v) is 11.4. The van der Waals surface area contributed by atoms with E-state index in [1.165, 1.54) is 12.3 Å². The summed E-state index contributed by atoms with van der Waals surface area (Å²) >= 11 is 0. The van der Waals surface area contributed by atoms with Crippen LogP contribution in [-0.4, -0.2) is 25.0 Å². The molecule has 0 aliphatic heterocycles. The molecule has 6 heteroatoms. The van der Waals surface area contributed by atoms with Crippen molar-refractivity contribution in [3.8, 4) is 0 Å². The molecule has 0 saturated carbocycles. The van der Waals surface area contributed by atoms with E-state index in [-0.39, 0.29) is 11.3 Å². The topological polar surface area (TPSA) is 97.3 Å². The van der Waals surface area contributed by atoms with E-state index in [0.717, 1.165) is 11.4 Å². The van der Waals surface area contributed by atoms with Gasteiger partial charge in [0.25, 0.3) is 5.91 Å². The number of primary amides is 1. The van der Waals surface area contributed by atoms with Crippen LogP contribution in [0.4, 0.5) is 22.9 Å². The van der Waals surface area contributed by atoms with Gasteiger partial charge in [-0.25, -0.2) is 4.98 Å². The fourth-order valence-electron chi connectivity index (χ4n) is 1.74. The monoisotopic (exact) mass is 271 g/mol. The SMILES string of the molecule is CN(C)c1ccc(Nc2cc(C(N)=O)c(N)cn2)cc1. The Morgan fingerprint density at radius 2 is 1.90 bits per heavy atom. The summed E-state index contributed by atoms with van der Waals surface area (Å²) in [6.45, 7) is 0. The summed E-state index contributed by atoms with van der Waals surface area (Å²) < 4.78 is 0. The second-order valence-electron chi connectivity index (χ2n) is 4.59. The molecule has 1 amide bonds. The fourth-order valence-corrected chi connectivity index (χ4v) is 1.74. The molecule has 0 atom stereocenters. The first-order valence-electron chi connectivity index (χ1n) is 6.07. The quantitative estimate of drug-likeness (QED) is 0.784. The third-order valence-electron chi connectivity index (χ3n) is 2.86. The summed E-state index contributed by atoms with van der Waals surface area (Å²) in [5, 5.41) is 3.10. The minimum Gasteiger partial charge on any atom is -0.397 e. The van der Waals surface area contributed by atoms with Gasteiger partial charge in [-0.2, -0.15) is 0 Å². The standard InChI is InChI=1S/C14H17N5O/c1-19(2)10-5-3-9(4-6-10)18-13-7-11(14(16)20)12(15)8-17-13/h3-8H,15H2,1-2H3,(H2,16,20)(H,17,18). The molecule has 5 N–H and O–H groups in total. The molecule has 0 aliphatic carbocycles. The van der Waals surface area contributed by atoms with Crippen molar-refractivity contribution in [1.82, 2.24) is 4.98 Å². The maximum Gasteiger partial charge on any atom is 0.250 e. The molecule has 0 fully saturated rings. The first-order chi connectivity index (χ1) is 9.47. The van der Waals surface area contributed by atoms with Crippen LogP contribution in [0.25, 0.3) is 0 Å². The summed E-state index contributed by atoms with van der Waals surface area (Å²) in [5.41, 5.74) is 13.4. The summed E-state index contributed by atoms with van der Waals surface area (Å²) in [5.74, 6) is -0.0542. The molecule has 1 aromatic heterocycles. The number of rotatable bonds is 4. The van der Waals surface area contributed by atoms with Gasteiger partial charge in [0.15, 0.2) is 0 Å². The van der Waals surface area contributed by atoms with Crippen LogP contribution in [-0.2, 0) is 0 Å². The zero-order valence-electron chi connectivity index (χ0n) is 11.4. The second-order valence-corrected chi connectivity index (χ2v) is 4.59. The fraction of sp³-hybridized carbons (Fsp3) is 0.143. The largest absolute Gasteiger partial charge is 0.397 e. The lowest BCUT2D eigenvalue weighted by Crippen LogP contribution is -2.14. The summed E-state index contributed by atoms with van der Waals surface area (Å²) in [4.78, 5) is 17.4. The van der Waals surface area contributed by atoms with Crippen molar-refractivity contribution in [3.05, 3.63) is 42.1 Å². The van der Waals surface area contributed by atoms with E-state index in [9.17, 15) is 4.79 Å². The van der Waals surface area contributed by atoms with Crippen LogP contribution in [0.3, 0.4) is 0 Å². The van der Waals surface area contributed by atoms with Crippen LogP contribution in [0, 0.1) is 0 Å². The van der Waals surface area contributed by atoms with Gasteiger partial charge >= 0.3 is 0 Å². The molecule has 1 heterocycles. The Bertz CT molecular complexity index is 622. The van der Waals surface area contributed by atoms with Gasteiger partial charge in [-0.3, -0.25) is 4.79 Å². The number of benzene rings is 1. The van der Waals surface area contributed by atoms with Crippen molar-refractivity contribution in [2.75, 3.05) is 30.0 Å². The number of pyridine rings is 1. The molecule has 0 bridgehead atoms. The number of carbonyl (C=O) groups excluding carboxylic acids is 1. The third kappa shape index (κ3) is 2.97. The van der Waals surface area contributed by atoms with E-state index in [0.29, 0.717) is 5.82 Å². The van der Waals surface area contributed by atoms with Gasteiger partial charge in [0.1, 0.15) is 5.82 Å². The average Bonchev–Trinajstić information content (AvgIpc) is 2.41. The predicted octanol–water partition coefficient (Wildman–Crippen LogP) is 1.57. The summed E-state index contributed by atoms with van der Waals surface area (Å²) in [6.07, 6.45) is 1.41. The smallest absolute Gasteiger partial charge is 0.250 e. The van der Waals surface area contributed by atoms with Crippen molar-refractivity contribution >= 4 is 28.8 Å². The Balaban J connectivity index is 2.21. The highest BCUT2D eigenvalue weighted by Crippen LogP contribution is 2.21. The average molecular weight is 271 g/mol. The zero-order chi connectivity index (χ0) is 14.7. The number of hydrogen-bond acceptors (Lipinski definition) is 5. The molecule has 0 spiro atoms. The van der Waals surface area contributed by atoms with Crippen LogP contribution in [0.1, 0.15) is 10.4 Å². The van der Waals surface area contributed by atoms with Crippen LogP contribution >= 0.6 is 0 Å². The highest BCUT2D eigenvalue weighted by atomic mass is 16.1. The number of anilines is 4. The van der Waals surface area contributed by atoms with Crippen molar-refractivity contribution in [1.29, 1.82) is 0 Å². The van der Waals surface area contributed by atoms with Crippen molar-refractivity contribution < 1.29 is 4.79 Å². The number of nitrogens with zero attached hydrogens (tertiary/aromatic N) is 2. The third-order valence-corrected chi connectivity index (χ3v) is 2.86. The Morgan fingerprint density at radius 1 is 1.25 bits per heavy atom. The second kappa shape index (κ2) is 5.48. The maximum absolute atomic E-state index is 11.2. The Hall–Kier alpha value is -2.76. The molecule has 104 valence electrons. The van der Waals surface area contributed by atoms with E-state index in [4.69, 9.17) is 11.5 Å². The van der Waals surface area contributed by atoms with Crippen molar-refractivity contribution in [2.45, 2.75) is 0 Å². The van der Waals surface area contributed by atoms with Gasteiger partial charge in [-0.1, -0.05) is 0 Å². The van der Waals surface area contributed by atoms with Crippen molar-refractivity contribution in [3.63, 3.8) is 0 Å². The van der Waals surface area contributed by atoms with Gasteiger partial charge in [-0.15, -0.1) is 0 Å². The maximum atomic E-state index is 11.2. The van der Waals surface area contributed by atoms with Gasteiger partial charge in [0.05, 0.1) is 17.4 Å². The minimum absolute atomic E-state index is 0.257. The van der Waals surface area contributed by atoms with Gasteiger partial charge < -0.3 is 21.7 Å². The summed E-state index contributed by atoms with van der Waals surface area (Å²) in [7, 11) is 3.95. The Labute approximate surface area is 117 Å². The molecule has 2 rings (SSSR count). The lowest BCUT2D eigenvalue weighted by Gasteiger charge is -2.13. The lowest BCUT2D eigenvalue weighted by molar-refractivity contribution is 0.100. The highest BCUT2D eigenvalue weighted by Gasteiger charge is 2.08. The molecule has 0 aliphatic rings. The van der Waals surface area contributed by atoms with Gasteiger partial charge in [0, 0.05) is 25.5 Å². The Morgan fingerprint density at radius 3 is 2.45 bits per heavy atom. The van der Waals surface area contributed by atoms with E-state index in [2.05, 4.69) is 10.3 Å². The van der Waals surface area contributed by atoms with Crippen LogP contribution in [0.2, 0.25) is 0 Å². The number of carbonyl (C=O) groups is 1. The predicted molar refractivity (Wildman–Crippen MR) is 81.2 cm³/mol. The molecule has 0 radical (unpaired) electrons. The number of nitrogens with one attached hydrogen (secondary N) is 1. The molecule has 6 nitrogen and oxygen atoms in total. The molecule has 0 saturated heterocycles. The Kier molecular flexibility index (Phi) is 3.74. The molecule has 2 aromatic rings.